The molecule has 2 aromatic carbocycles. The number of rotatable bonds is 9. The van der Waals surface area contributed by atoms with Crippen molar-refractivity contribution in [2.45, 2.75) is 39.9 Å². The summed E-state index contributed by atoms with van der Waals surface area (Å²) >= 11 is 0. The molecule has 0 radical (unpaired) electrons. The van der Waals surface area contributed by atoms with Crippen molar-refractivity contribution in [1.82, 2.24) is 10.2 Å². The van der Waals surface area contributed by atoms with Gasteiger partial charge in [-0.25, -0.2) is 22.8 Å². The molecule has 0 aliphatic rings. The Bertz CT molecular complexity index is 1130. The maximum absolute atomic E-state index is 13.9. The van der Waals surface area contributed by atoms with Gasteiger partial charge in [0.2, 0.25) is 34.8 Å². The first kappa shape index (κ1) is 30.3. The molecule has 0 saturated heterocycles. The van der Waals surface area contributed by atoms with Crippen molar-refractivity contribution in [3.63, 3.8) is 0 Å². The van der Waals surface area contributed by atoms with Crippen molar-refractivity contribution >= 4 is 18.2 Å². The molecule has 2 amide bonds. The Morgan fingerprint density at radius 1 is 0.921 bits per heavy atom. The second kappa shape index (κ2) is 13.1. The largest absolute Gasteiger partial charge is 0.445 e. The molecule has 8 nitrogen and oxygen atoms in total. The molecule has 0 aliphatic carbocycles. The highest BCUT2D eigenvalue weighted by atomic mass is 19.2. The van der Waals surface area contributed by atoms with Gasteiger partial charge >= 0.3 is 18.2 Å². The lowest BCUT2D eigenvalue weighted by atomic mass is 10.1. The number of esters is 1. The van der Waals surface area contributed by atoms with E-state index in [9.17, 15) is 36.3 Å². The summed E-state index contributed by atoms with van der Waals surface area (Å²) in [6, 6.07) is 8.61. The average molecular weight is 546 g/mol. The van der Waals surface area contributed by atoms with Crippen molar-refractivity contribution in [3.8, 4) is 5.75 Å². The molecule has 0 spiro atoms. The van der Waals surface area contributed by atoms with Crippen LogP contribution in [0.3, 0.4) is 0 Å². The van der Waals surface area contributed by atoms with Crippen LogP contribution in [0, 0.1) is 35.0 Å². The zero-order valence-corrected chi connectivity index (χ0v) is 21.1. The third-order valence-electron chi connectivity index (χ3n) is 4.78. The summed E-state index contributed by atoms with van der Waals surface area (Å²) in [6.45, 7) is 5.26. The lowest BCUT2D eigenvalue weighted by Crippen LogP contribution is -2.43. The fourth-order valence-corrected chi connectivity index (χ4v) is 2.96. The van der Waals surface area contributed by atoms with Crippen LogP contribution in [0.1, 0.15) is 33.3 Å². The number of ether oxygens (including phenoxy) is 3. The number of nitrogens with zero attached hydrogens (tertiary/aromatic N) is 1. The highest BCUT2D eigenvalue weighted by Gasteiger charge is 2.31. The second-order valence-corrected chi connectivity index (χ2v) is 9.14. The normalized spacial score (nSPS) is 11.9. The number of nitrogens with one attached hydrogen (secondary N) is 1. The van der Waals surface area contributed by atoms with Gasteiger partial charge < -0.3 is 24.4 Å². The van der Waals surface area contributed by atoms with Crippen LogP contribution in [0.25, 0.3) is 0 Å². The number of amides is 2. The van der Waals surface area contributed by atoms with Crippen LogP contribution < -0.4 is 10.1 Å². The lowest BCUT2D eigenvalue weighted by Gasteiger charge is -2.25. The van der Waals surface area contributed by atoms with Gasteiger partial charge in [0, 0.05) is 19.6 Å². The van der Waals surface area contributed by atoms with E-state index < -0.39 is 71.1 Å². The maximum Gasteiger partial charge on any atom is 0.410 e. The van der Waals surface area contributed by atoms with E-state index in [1.54, 1.807) is 51.1 Å². The molecule has 38 heavy (non-hydrogen) atoms. The van der Waals surface area contributed by atoms with Crippen molar-refractivity contribution in [2.24, 2.45) is 5.92 Å². The molecule has 208 valence electrons. The molecule has 0 heterocycles. The van der Waals surface area contributed by atoms with E-state index in [0.717, 1.165) is 4.90 Å². The molecule has 1 atom stereocenters. The molecule has 0 aromatic heterocycles. The van der Waals surface area contributed by atoms with Crippen LogP contribution in [-0.4, -0.2) is 48.3 Å². The minimum Gasteiger partial charge on any atom is -0.445 e. The van der Waals surface area contributed by atoms with E-state index in [2.05, 4.69) is 10.1 Å². The third-order valence-corrected chi connectivity index (χ3v) is 4.78. The van der Waals surface area contributed by atoms with Crippen LogP contribution in [0.5, 0.6) is 5.75 Å². The number of hydrogen-bond donors (Lipinski definition) is 1. The Morgan fingerprint density at radius 2 is 1.47 bits per heavy atom. The quantitative estimate of drug-likeness (QED) is 0.155. The van der Waals surface area contributed by atoms with Crippen molar-refractivity contribution in [1.29, 1.82) is 0 Å². The van der Waals surface area contributed by atoms with Crippen LogP contribution in [0.15, 0.2) is 30.3 Å². The summed E-state index contributed by atoms with van der Waals surface area (Å²) in [7, 11) is 0. The van der Waals surface area contributed by atoms with Crippen LogP contribution in [0.4, 0.5) is 31.5 Å². The molecule has 2 aromatic rings. The van der Waals surface area contributed by atoms with Gasteiger partial charge in [0.25, 0.3) is 0 Å². The standard InChI is InChI=1S/C25H27F5N2O6/c1-14(22(33)37-21-19(29)17(27)16(26)18(28)20(21)30)12-32(11-10-31-23(34)38-25(2,3)4)24(35)36-13-15-8-6-5-7-9-15/h5-9,14H,10-13H2,1-4H3,(H,31,34)/t14-/m0/s1. The van der Waals surface area contributed by atoms with Gasteiger partial charge in [-0.2, -0.15) is 8.78 Å². The summed E-state index contributed by atoms with van der Waals surface area (Å²) in [6.07, 6.45) is -1.68. The van der Waals surface area contributed by atoms with Crippen molar-refractivity contribution in [2.75, 3.05) is 19.6 Å². The molecule has 0 aliphatic heterocycles. The first-order valence-corrected chi connectivity index (χ1v) is 11.4. The average Bonchev–Trinajstić information content (AvgIpc) is 2.86. The van der Waals surface area contributed by atoms with Crippen LogP contribution in [0.2, 0.25) is 0 Å². The molecule has 2 rings (SSSR count). The molecular formula is C25H27F5N2O6. The fraction of sp³-hybridized carbons (Fsp3) is 0.400. The van der Waals surface area contributed by atoms with Gasteiger partial charge in [0.1, 0.15) is 12.2 Å². The third kappa shape index (κ3) is 8.60. The lowest BCUT2D eigenvalue weighted by molar-refractivity contribution is -0.139. The summed E-state index contributed by atoms with van der Waals surface area (Å²) in [5.74, 6) is -16.0. The zero-order chi connectivity index (χ0) is 28.6. The van der Waals surface area contributed by atoms with E-state index in [1.165, 1.54) is 6.92 Å². The van der Waals surface area contributed by atoms with E-state index in [0.29, 0.717) is 5.56 Å². The van der Waals surface area contributed by atoms with E-state index in [1.807, 2.05) is 0 Å². The molecular weight excluding hydrogens is 519 g/mol. The molecule has 1 N–H and O–H groups in total. The number of alkyl carbamates (subject to hydrolysis) is 1. The Labute approximate surface area is 215 Å². The Balaban J connectivity index is 2.11. The van der Waals surface area contributed by atoms with Gasteiger partial charge in [-0.3, -0.25) is 4.79 Å². The number of carbonyl (C=O) groups excluding carboxylic acids is 3. The molecule has 0 saturated carbocycles. The van der Waals surface area contributed by atoms with Gasteiger partial charge in [0.15, 0.2) is 0 Å². The summed E-state index contributed by atoms with van der Waals surface area (Å²) in [5, 5.41) is 2.43. The number of carbonyl (C=O) groups is 3. The summed E-state index contributed by atoms with van der Waals surface area (Å²) in [5.41, 5.74) is -0.119. The van der Waals surface area contributed by atoms with Gasteiger partial charge in [0.05, 0.1) is 5.92 Å². The predicted octanol–water partition coefficient (Wildman–Crippen LogP) is 5.09. The Hall–Kier alpha value is -3.90. The predicted molar refractivity (Wildman–Crippen MR) is 123 cm³/mol. The molecule has 13 heteroatoms. The number of benzene rings is 2. The van der Waals surface area contributed by atoms with Crippen LogP contribution >= 0.6 is 0 Å². The smallest absolute Gasteiger partial charge is 0.410 e. The summed E-state index contributed by atoms with van der Waals surface area (Å²) in [4.78, 5) is 38.1. The van der Waals surface area contributed by atoms with Gasteiger partial charge in [-0.05, 0) is 26.3 Å². The zero-order valence-electron chi connectivity index (χ0n) is 21.1. The Morgan fingerprint density at radius 3 is 2.03 bits per heavy atom. The van der Waals surface area contributed by atoms with E-state index >= 15 is 0 Å². The molecule has 0 bridgehead atoms. The number of halogens is 5. The summed E-state index contributed by atoms with van der Waals surface area (Å²) < 4.78 is 82.7. The number of hydrogen-bond acceptors (Lipinski definition) is 6. The van der Waals surface area contributed by atoms with Crippen LogP contribution in [-0.2, 0) is 20.9 Å². The van der Waals surface area contributed by atoms with E-state index in [4.69, 9.17) is 9.47 Å². The minimum atomic E-state index is -2.40. The maximum atomic E-state index is 13.9. The highest BCUT2D eigenvalue weighted by Crippen LogP contribution is 2.29. The van der Waals surface area contributed by atoms with Gasteiger partial charge in [-0.15, -0.1) is 0 Å². The van der Waals surface area contributed by atoms with Crippen molar-refractivity contribution < 1.29 is 50.5 Å². The first-order chi connectivity index (χ1) is 17.7. The first-order valence-electron chi connectivity index (χ1n) is 11.4. The SMILES string of the molecule is C[C@@H](CN(CCNC(=O)OC(C)(C)C)C(=O)OCc1ccccc1)C(=O)Oc1c(F)c(F)c(F)c(F)c1F. The highest BCUT2D eigenvalue weighted by molar-refractivity contribution is 5.76. The monoisotopic (exact) mass is 546 g/mol. The minimum absolute atomic E-state index is 0.126. The fourth-order valence-electron chi connectivity index (χ4n) is 2.96. The second-order valence-electron chi connectivity index (χ2n) is 9.14. The topological polar surface area (TPSA) is 94.2 Å². The molecule has 0 fully saturated rings. The Kier molecular flexibility index (Phi) is 10.4. The van der Waals surface area contributed by atoms with Gasteiger partial charge in [-0.1, -0.05) is 37.3 Å². The van der Waals surface area contributed by atoms with Crippen molar-refractivity contribution in [3.05, 3.63) is 65.0 Å². The van der Waals surface area contributed by atoms with E-state index in [-0.39, 0.29) is 19.7 Å². The molecule has 0 unspecified atom stereocenters.